The third kappa shape index (κ3) is 4.52. The molecule has 0 spiro atoms. The summed E-state index contributed by atoms with van der Waals surface area (Å²) >= 11 is 0. The van der Waals surface area contributed by atoms with E-state index in [1.807, 2.05) is 6.07 Å². The second-order valence-corrected chi connectivity index (χ2v) is 5.75. The molecule has 0 saturated heterocycles. The average molecular weight is 366 g/mol. The molecule has 1 heterocycles. The van der Waals surface area contributed by atoms with Crippen LogP contribution in [-0.4, -0.2) is 24.1 Å². The normalized spacial score (nSPS) is 11.5. The van der Waals surface area contributed by atoms with Gasteiger partial charge in [-0.05, 0) is 19.1 Å². The lowest BCUT2D eigenvalue weighted by atomic mass is 10.1. The van der Waals surface area contributed by atoms with Gasteiger partial charge in [-0.15, -0.1) is 0 Å². The van der Waals surface area contributed by atoms with E-state index >= 15 is 0 Å². The second kappa shape index (κ2) is 8.18. The number of nitrogens with one attached hydrogen (secondary N) is 1. The maximum absolute atomic E-state index is 12.8. The highest BCUT2D eigenvalue weighted by atomic mass is 16.6. The fourth-order valence-corrected chi connectivity index (χ4v) is 2.43. The molecule has 0 aliphatic heterocycles. The molecule has 27 heavy (non-hydrogen) atoms. The van der Waals surface area contributed by atoms with Crippen molar-refractivity contribution in [2.24, 2.45) is 0 Å². The summed E-state index contributed by atoms with van der Waals surface area (Å²) in [5.74, 6) is -0.745. The molecular formula is C20H18N2O5. The molecule has 1 amide bonds. The summed E-state index contributed by atoms with van der Waals surface area (Å²) in [6.07, 6.45) is -1.16. The lowest BCUT2D eigenvalue weighted by molar-refractivity contribution is -0.125. The maximum atomic E-state index is 12.8. The first-order valence-electron chi connectivity index (χ1n) is 8.21. The predicted octanol–water partition coefficient (Wildman–Crippen LogP) is 3.53. The monoisotopic (exact) mass is 366 g/mol. The van der Waals surface area contributed by atoms with E-state index < -0.39 is 18.0 Å². The highest BCUT2D eigenvalue weighted by Crippen LogP contribution is 2.23. The van der Waals surface area contributed by atoms with Crippen molar-refractivity contribution in [2.45, 2.75) is 13.0 Å². The Balaban J connectivity index is 1.83. The van der Waals surface area contributed by atoms with Crippen LogP contribution in [0.4, 0.5) is 5.69 Å². The van der Waals surface area contributed by atoms with Gasteiger partial charge >= 0.3 is 5.97 Å². The van der Waals surface area contributed by atoms with E-state index in [9.17, 15) is 9.59 Å². The summed E-state index contributed by atoms with van der Waals surface area (Å²) in [7, 11) is 1.54. The third-order valence-electron chi connectivity index (χ3n) is 3.73. The standard InChI is InChI=1S/C20H18N2O5/c1-13-11-17(27-22-13)20(24)26-18(14-7-4-3-5-8-14)19(23)21-15-9-6-10-16(12-15)25-2/h3-12,18H,1-2H3,(H,21,23)/t18-/m1/s1. The molecule has 7 heteroatoms. The van der Waals surface area contributed by atoms with Crippen LogP contribution in [0.1, 0.15) is 27.9 Å². The summed E-state index contributed by atoms with van der Waals surface area (Å²) in [5.41, 5.74) is 1.59. The number of hydrogen-bond acceptors (Lipinski definition) is 6. The zero-order chi connectivity index (χ0) is 19.2. The Hall–Kier alpha value is -3.61. The van der Waals surface area contributed by atoms with E-state index in [0.29, 0.717) is 22.7 Å². The van der Waals surface area contributed by atoms with Crippen LogP contribution in [0.25, 0.3) is 0 Å². The largest absolute Gasteiger partial charge is 0.497 e. The molecule has 0 bridgehead atoms. The zero-order valence-corrected chi connectivity index (χ0v) is 14.8. The summed E-state index contributed by atoms with van der Waals surface area (Å²) in [4.78, 5) is 25.2. The molecule has 0 radical (unpaired) electrons. The Morgan fingerprint density at radius 2 is 1.85 bits per heavy atom. The van der Waals surface area contributed by atoms with Gasteiger partial charge in [0.1, 0.15) is 5.75 Å². The predicted molar refractivity (Wildman–Crippen MR) is 97.5 cm³/mol. The molecule has 3 aromatic rings. The molecule has 0 aliphatic carbocycles. The van der Waals surface area contributed by atoms with Crippen LogP contribution in [0.5, 0.6) is 5.75 Å². The first-order valence-corrected chi connectivity index (χ1v) is 8.21. The number of nitrogens with zero attached hydrogens (tertiary/aromatic N) is 1. The van der Waals surface area contributed by atoms with Crippen molar-refractivity contribution in [3.63, 3.8) is 0 Å². The number of benzene rings is 2. The molecule has 0 fully saturated rings. The average Bonchev–Trinajstić information content (AvgIpc) is 3.13. The van der Waals surface area contributed by atoms with Gasteiger partial charge in [-0.3, -0.25) is 4.79 Å². The summed E-state index contributed by atoms with van der Waals surface area (Å²) in [6.45, 7) is 1.68. The van der Waals surface area contributed by atoms with Gasteiger partial charge in [-0.1, -0.05) is 41.6 Å². The summed E-state index contributed by atoms with van der Waals surface area (Å²) < 4.78 is 15.5. The lowest BCUT2D eigenvalue weighted by Crippen LogP contribution is -2.25. The first-order chi connectivity index (χ1) is 13.1. The van der Waals surface area contributed by atoms with Crippen LogP contribution < -0.4 is 10.1 Å². The number of hydrogen-bond donors (Lipinski definition) is 1. The molecule has 1 aromatic heterocycles. The fourth-order valence-electron chi connectivity index (χ4n) is 2.43. The minimum Gasteiger partial charge on any atom is -0.497 e. The van der Waals surface area contributed by atoms with E-state index in [4.69, 9.17) is 14.0 Å². The zero-order valence-electron chi connectivity index (χ0n) is 14.8. The van der Waals surface area contributed by atoms with E-state index in [0.717, 1.165) is 0 Å². The summed E-state index contributed by atoms with van der Waals surface area (Å²) in [5, 5.41) is 6.39. The highest BCUT2D eigenvalue weighted by Gasteiger charge is 2.27. The minimum absolute atomic E-state index is 0.0670. The van der Waals surface area contributed by atoms with E-state index in [-0.39, 0.29) is 5.76 Å². The van der Waals surface area contributed by atoms with Gasteiger partial charge in [0.05, 0.1) is 12.8 Å². The quantitative estimate of drug-likeness (QED) is 0.671. The van der Waals surface area contributed by atoms with Gasteiger partial charge in [-0.25, -0.2) is 4.79 Å². The number of aryl methyl sites for hydroxylation is 1. The Morgan fingerprint density at radius 1 is 1.07 bits per heavy atom. The topological polar surface area (TPSA) is 90.7 Å². The van der Waals surface area contributed by atoms with Gasteiger partial charge in [-0.2, -0.15) is 0 Å². The van der Waals surface area contributed by atoms with Crippen LogP contribution in [0.15, 0.2) is 65.2 Å². The van der Waals surface area contributed by atoms with Crippen LogP contribution in [-0.2, 0) is 9.53 Å². The highest BCUT2D eigenvalue weighted by molar-refractivity contribution is 5.97. The lowest BCUT2D eigenvalue weighted by Gasteiger charge is -2.17. The number of amides is 1. The number of ether oxygens (including phenoxy) is 2. The second-order valence-electron chi connectivity index (χ2n) is 5.75. The van der Waals surface area contributed by atoms with E-state index in [2.05, 4.69) is 10.5 Å². The molecule has 7 nitrogen and oxygen atoms in total. The van der Waals surface area contributed by atoms with E-state index in [1.54, 1.807) is 55.5 Å². The molecule has 1 N–H and O–H groups in total. The maximum Gasteiger partial charge on any atom is 0.378 e. The van der Waals surface area contributed by atoms with Crippen LogP contribution >= 0.6 is 0 Å². The number of carbonyl (C=O) groups is 2. The van der Waals surface area contributed by atoms with Crippen molar-refractivity contribution in [2.75, 3.05) is 12.4 Å². The Kier molecular flexibility index (Phi) is 5.51. The van der Waals surface area contributed by atoms with Gasteiger partial charge in [0.2, 0.25) is 11.9 Å². The summed E-state index contributed by atoms with van der Waals surface area (Å²) in [6, 6.07) is 17.1. The van der Waals surface area contributed by atoms with Gasteiger partial charge < -0.3 is 19.3 Å². The molecule has 1 atom stereocenters. The number of anilines is 1. The van der Waals surface area contributed by atoms with Crippen LogP contribution in [0, 0.1) is 6.92 Å². The van der Waals surface area contributed by atoms with Gasteiger partial charge in [0.15, 0.2) is 0 Å². The fraction of sp³-hybridized carbons (Fsp3) is 0.150. The van der Waals surface area contributed by atoms with Crippen molar-refractivity contribution in [3.8, 4) is 5.75 Å². The molecular weight excluding hydrogens is 348 g/mol. The number of methoxy groups -OCH3 is 1. The molecule has 2 aromatic carbocycles. The molecule has 138 valence electrons. The number of carbonyl (C=O) groups excluding carboxylic acids is 2. The van der Waals surface area contributed by atoms with Crippen molar-refractivity contribution in [1.29, 1.82) is 0 Å². The Morgan fingerprint density at radius 3 is 2.52 bits per heavy atom. The first kappa shape index (κ1) is 18.2. The number of esters is 1. The third-order valence-corrected chi connectivity index (χ3v) is 3.73. The van der Waals surface area contributed by atoms with Crippen LogP contribution in [0.3, 0.4) is 0 Å². The molecule has 0 saturated carbocycles. The molecule has 3 rings (SSSR count). The SMILES string of the molecule is COc1cccc(NC(=O)[C@H](OC(=O)c2cc(C)no2)c2ccccc2)c1. The van der Waals surface area contributed by atoms with Crippen molar-refractivity contribution >= 4 is 17.6 Å². The van der Waals surface area contributed by atoms with E-state index in [1.165, 1.54) is 13.2 Å². The Bertz CT molecular complexity index is 936. The number of rotatable bonds is 6. The van der Waals surface area contributed by atoms with Gasteiger partial charge in [0, 0.05) is 23.4 Å². The molecule has 0 aliphatic rings. The molecule has 0 unspecified atom stereocenters. The van der Waals surface area contributed by atoms with Crippen molar-refractivity contribution < 1.29 is 23.6 Å². The van der Waals surface area contributed by atoms with Crippen molar-refractivity contribution in [3.05, 3.63) is 77.7 Å². The Labute approximate surface area is 155 Å². The van der Waals surface area contributed by atoms with Crippen molar-refractivity contribution in [1.82, 2.24) is 5.16 Å². The number of aromatic nitrogens is 1. The van der Waals surface area contributed by atoms with Gasteiger partial charge in [0.25, 0.3) is 5.91 Å². The van der Waals surface area contributed by atoms with Crippen LogP contribution in [0.2, 0.25) is 0 Å². The minimum atomic E-state index is -1.16. The smallest absolute Gasteiger partial charge is 0.378 e.